The highest BCUT2D eigenvalue weighted by atomic mass is 16.6. The van der Waals surface area contributed by atoms with Crippen LogP contribution in [0.15, 0.2) is 36.4 Å². The third-order valence-corrected chi connectivity index (χ3v) is 6.24. The van der Waals surface area contributed by atoms with Crippen molar-refractivity contribution in [3.05, 3.63) is 53.2 Å². The van der Waals surface area contributed by atoms with Crippen molar-refractivity contribution in [2.75, 3.05) is 58.1 Å². The number of aliphatic hydroxyl groups is 1. The molecule has 0 spiro atoms. The van der Waals surface area contributed by atoms with Gasteiger partial charge in [-0.05, 0) is 38.3 Å². The van der Waals surface area contributed by atoms with E-state index in [1.165, 1.54) is 0 Å². The number of morpholine rings is 1. The van der Waals surface area contributed by atoms with Crippen molar-refractivity contribution < 1.29 is 28.8 Å². The lowest BCUT2D eigenvalue weighted by Crippen LogP contribution is -2.37. The Bertz CT molecular complexity index is 1160. The van der Waals surface area contributed by atoms with Gasteiger partial charge in [0.05, 0.1) is 42.2 Å². The van der Waals surface area contributed by atoms with E-state index in [1.54, 1.807) is 25.5 Å². The lowest BCUT2D eigenvalue weighted by Gasteiger charge is -2.28. The molecule has 1 aromatic carbocycles. The summed E-state index contributed by atoms with van der Waals surface area (Å²) in [6, 6.07) is 11.9. The second-order valence-electron chi connectivity index (χ2n) is 8.50. The van der Waals surface area contributed by atoms with Crippen molar-refractivity contribution in [2.45, 2.75) is 33.0 Å². The highest BCUT2D eigenvalue weighted by Crippen LogP contribution is 2.38. The molecule has 194 valence electrons. The van der Waals surface area contributed by atoms with Crippen molar-refractivity contribution in [3.8, 4) is 11.1 Å². The second-order valence-corrected chi connectivity index (χ2v) is 8.50. The van der Waals surface area contributed by atoms with Gasteiger partial charge in [0.1, 0.15) is 5.82 Å². The zero-order chi connectivity index (χ0) is 25.5. The first-order chi connectivity index (χ1) is 17.6. The predicted molar refractivity (Wildman–Crippen MR) is 136 cm³/mol. The van der Waals surface area contributed by atoms with Crippen molar-refractivity contribution >= 4 is 17.3 Å². The van der Waals surface area contributed by atoms with Gasteiger partial charge in [0.15, 0.2) is 6.29 Å². The van der Waals surface area contributed by atoms with Crippen LogP contribution in [0.1, 0.15) is 48.2 Å². The molecule has 0 aliphatic carbocycles. The first kappa shape index (κ1) is 26.1. The van der Waals surface area contributed by atoms with Gasteiger partial charge >= 0.3 is 5.97 Å². The van der Waals surface area contributed by atoms with Crippen molar-refractivity contribution in [1.82, 2.24) is 9.61 Å². The molecule has 1 fully saturated rings. The Balaban J connectivity index is 2.06. The van der Waals surface area contributed by atoms with Crippen LogP contribution in [0.5, 0.6) is 0 Å². The molecule has 9 nitrogen and oxygen atoms in total. The average molecular weight is 498 g/mol. The Morgan fingerprint density at radius 3 is 2.58 bits per heavy atom. The minimum atomic E-state index is -1.32. The third-order valence-electron chi connectivity index (χ3n) is 6.24. The van der Waals surface area contributed by atoms with Gasteiger partial charge in [0.25, 0.3) is 0 Å². The summed E-state index contributed by atoms with van der Waals surface area (Å²) in [4.78, 5) is 15.5. The van der Waals surface area contributed by atoms with E-state index in [2.05, 4.69) is 4.90 Å². The molecule has 3 heterocycles. The van der Waals surface area contributed by atoms with Gasteiger partial charge < -0.3 is 29.0 Å². The van der Waals surface area contributed by atoms with Gasteiger partial charge in [-0.25, -0.2) is 9.31 Å². The summed E-state index contributed by atoms with van der Waals surface area (Å²) >= 11 is 0. The number of ether oxygens (including phenoxy) is 4. The summed E-state index contributed by atoms with van der Waals surface area (Å²) in [5.74, 6) is 0.275. The Hall–Kier alpha value is -2.98. The van der Waals surface area contributed by atoms with Crippen LogP contribution in [-0.2, 0) is 25.4 Å². The molecule has 0 saturated carbocycles. The number of rotatable bonds is 11. The van der Waals surface area contributed by atoms with Gasteiger partial charge in [-0.2, -0.15) is 5.10 Å². The molecule has 3 aromatic rings. The Morgan fingerprint density at radius 2 is 1.92 bits per heavy atom. The number of carbonyl (C=O) groups is 1. The Kier molecular flexibility index (Phi) is 8.93. The molecule has 2 aromatic heterocycles. The SMILES string of the molecule is CCOC(=O)c1c(C(O)OCC)c2c(-c3ccccc3)cc(N3CCOCC3)nn2c1CCCOC. The second kappa shape index (κ2) is 12.3. The summed E-state index contributed by atoms with van der Waals surface area (Å²) in [5, 5.41) is 16.2. The number of methoxy groups -OCH3 is 1. The van der Waals surface area contributed by atoms with Crippen molar-refractivity contribution in [2.24, 2.45) is 0 Å². The number of anilines is 1. The molecule has 1 aliphatic heterocycles. The van der Waals surface area contributed by atoms with Crippen LogP contribution in [0.25, 0.3) is 16.6 Å². The number of esters is 1. The number of fused-ring (bicyclic) bond motifs is 1. The van der Waals surface area contributed by atoms with Crippen LogP contribution < -0.4 is 4.90 Å². The van der Waals surface area contributed by atoms with Crippen LogP contribution >= 0.6 is 0 Å². The molecule has 1 aliphatic rings. The summed E-state index contributed by atoms with van der Waals surface area (Å²) in [7, 11) is 1.65. The largest absolute Gasteiger partial charge is 0.462 e. The molecule has 4 rings (SSSR count). The van der Waals surface area contributed by atoms with Gasteiger partial charge in [-0.15, -0.1) is 0 Å². The van der Waals surface area contributed by atoms with Crippen LogP contribution in [0.4, 0.5) is 5.82 Å². The lowest BCUT2D eigenvalue weighted by atomic mass is 10.0. The maximum atomic E-state index is 13.3. The topological polar surface area (TPSA) is 94.8 Å². The molecule has 1 atom stereocenters. The van der Waals surface area contributed by atoms with Gasteiger partial charge in [-0.1, -0.05) is 30.3 Å². The molecule has 0 bridgehead atoms. The normalized spacial score (nSPS) is 14.8. The standard InChI is InChI=1S/C27H35N3O6/c1-4-35-26(31)23-21(12-9-15-33-3)30-25(24(23)27(32)36-5-2)20(19-10-7-6-8-11-19)18-22(28-30)29-13-16-34-17-14-29/h6-8,10-11,18,27,32H,4-5,9,12-17H2,1-3H3. The van der Waals surface area contributed by atoms with E-state index in [-0.39, 0.29) is 13.2 Å². The summed E-state index contributed by atoms with van der Waals surface area (Å²) in [5.41, 5.74) is 3.78. The van der Waals surface area contributed by atoms with Gasteiger partial charge in [-0.3, -0.25) is 0 Å². The molecule has 36 heavy (non-hydrogen) atoms. The minimum absolute atomic E-state index is 0.213. The number of aromatic nitrogens is 2. The lowest BCUT2D eigenvalue weighted by molar-refractivity contribution is -0.0974. The molecular formula is C27H35N3O6. The van der Waals surface area contributed by atoms with E-state index in [0.29, 0.717) is 68.1 Å². The molecule has 1 unspecified atom stereocenters. The van der Waals surface area contributed by atoms with Crippen LogP contribution in [0.2, 0.25) is 0 Å². The minimum Gasteiger partial charge on any atom is -0.462 e. The molecule has 1 N–H and O–H groups in total. The molecule has 1 saturated heterocycles. The quantitative estimate of drug-likeness (QED) is 0.244. The monoisotopic (exact) mass is 497 g/mol. The Labute approximate surface area is 211 Å². The number of aliphatic hydroxyl groups excluding tert-OH is 1. The van der Waals surface area contributed by atoms with E-state index >= 15 is 0 Å². The number of nitrogens with zero attached hydrogens (tertiary/aromatic N) is 3. The van der Waals surface area contributed by atoms with E-state index in [4.69, 9.17) is 24.0 Å². The maximum absolute atomic E-state index is 13.3. The smallest absolute Gasteiger partial charge is 0.340 e. The van der Waals surface area contributed by atoms with Gasteiger partial charge in [0, 0.05) is 39.0 Å². The number of aryl methyl sites for hydroxylation is 1. The summed E-state index contributed by atoms with van der Waals surface area (Å²) in [6.07, 6.45) is -0.141. The van der Waals surface area contributed by atoms with E-state index in [9.17, 15) is 9.90 Å². The highest BCUT2D eigenvalue weighted by Gasteiger charge is 2.32. The van der Waals surface area contributed by atoms with E-state index in [0.717, 1.165) is 16.9 Å². The molecule has 0 radical (unpaired) electrons. The van der Waals surface area contributed by atoms with Crippen LogP contribution in [0.3, 0.4) is 0 Å². The van der Waals surface area contributed by atoms with Gasteiger partial charge in [0.2, 0.25) is 0 Å². The number of hydrogen-bond donors (Lipinski definition) is 1. The predicted octanol–water partition coefficient (Wildman–Crippen LogP) is 3.62. The Morgan fingerprint density at radius 1 is 1.17 bits per heavy atom. The summed E-state index contributed by atoms with van der Waals surface area (Å²) in [6.45, 7) is 7.25. The fourth-order valence-corrected chi connectivity index (χ4v) is 4.64. The van der Waals surface area contributed by atoms with Crippen LogP contribution in [0, 0.1) is 0 Å². The molecule has 0 amide bonds. The maximum Gasteiger partial charge on any atom is 0.340 e. The first-order valence-corrected chi connectivity index (χ1v) is 12.5. The number of carbonyl (C=O) groups excluding carboxylic acids is 1. The highest BCUT2D eigenvalue weighted by molar-refractivity contribution is 5.99. The number of benzene rings is 1. The van der Waals surface area contributed by atoms with E-state index < -0.39 is 12.3 Å². The zero-order valence-electron chi connectivity index (χ0n) is 21.2. The van der Waals surface area contributed by atoms with Crippen molar-refractivity contribution in [3.63, 3.8) is 0 Å². The fourth-order valence-electron chi connectivity index (χ4n) is 4.64. The summed E-state index contributed by atoms with van der Waals surface area (Å²) < 4.78 is 23.7. The van der Waals surface area contributed by atoms with Crippen LogP contribution in [-0.4, -0.2) is 73.9 Å². The third kappa shape index (κ3) is 5.39. The van der Waals surface area contributed by atoms with E-state index in [1.807, 2.05) is 36.4 Å². The number of hydrogen-bond acceptors (Lipinski definition) is 8. The van der Waals surface area contributed by atoms with Crippen molar-refractivity contribution in [1.29, 1.82) is 0 Å². The average Bonchev–Trinajstić information content (AvgIpc) is 3.24. The fraction of sp³-hybridized carbons (Fsp3) is 0.481. The first-order valence-electron chi connectivity index (χ1n) is 12.5. The zero-order valence-corrected chi connectivity index (χ0v) is 21.2. The molecular weight excluding hydrogens is 462 g/mol. The molecule has 9 heteroatoms.